The number of nitrogens with zero attached hydrogens (tertiary/aromatic N) is 2. The van der Waals surface area contributed by atoms with E-state index in [1.807, 2.05) is 11.4 Å². The molecular formula is C12H11N3S2. The van der Waals surface area contributed by atoms with Crippen molar-refractivity contribution in [3.8, 4) is 11.8 Å². The first kappa shape index (κ1) is 12.1. The molecule has 86 valence electrons. The van der Waals surface area contributed by atoms with E-state index >= 15 is 0 Å². The van der Waals surface area contributed by atoms with Crippen LogP contribution in [0.25, 0.3) is 0 Å². The third-order valence-corrected chi connectivity index (χ3v) is 4.00. The Kier molecular flexibility index (Phi) is 4.56. The monoisotopic (exact) mass is 261 g/mol. The lowest BCUT2D eigenvalue weighted by molar-refractivity contribution is 1.05. The van der Waals surface area contributed by atoms with Crippen LogP contribution in [0, 0.1) is 11.8 Å². The number of hydrogen-bond acceptors (Lipinski definition) is 5. The van der Waals surface area contributed by atoms with Crippen LogP contribution in [0.3, 0.4) is 0 Å². The molecule has 0 spiro atoms. The van der Waals surface area contributed by atoms with Crippen LogP contribution >= 0.6 is 23.1 Å². The minimum Gasteiger partial charge on any atom is -0.320 e. The first-order valence-electron chi connectivity index (χ1n) is 5.04. The topological polar surface area (TPSA) is 51.8 Å². The van der Waals surface area contributed by atoms with Gasteiger partial charge in [0.1, 0.15) is 5.03 Å². The predicted octanol–water partition coefficient (Wildman–Crippen LogP) is 2.14. The van der Waals surface area contributed by atoms with Crippen LogP contribution in [-0.2, 0) is 5.75 Å². The lowest BCUT2D eigenvalue weighted by Crippen LogP contribution is -1.93. The molecule has 2 heterocycles. The van der Waals surface area contributed by atoms with Gasteiger partial charge in [0, 0.05) is 28.6 Å². The maximum atomic E-state index is 5.37. The molecule has 2 rings (SSSR count). The molecule has 0 aromatic carbocycles. The molecule has 0 fully saturated rings. The maximum Gasteiger partial charge on any atom is 0.115 e. The normalized spacial score (nSPS) is 9.71. The number of thiophene rings is 1. The van der Waals surface area contributed by atoms with Crippen LogP contribution in [-0.4, -0.2) is 16.5 Å². The van der Waals surface area contributed by atoms with Crippen LogP contribution in [0.2, 0.25) is 0 Å². The molecule has 0 saturated heterocycles. The lowest BCUT2D eigenvalue weighted by atomic mass is 10.3. The predicted molar refractivity (Wildman–Crippen MR) is 71.8 cm³/mol. The molecule has 3 nitrogen and oxygen atoms in total. The van der Waals surface area contributed by atoms with E-state index in [9.17, 15) is 0 Å². The van der Waals surface area contributed by atoms with E-state index < -0.39 is 0 Å². The van der Waals surface area contributed by atoms with Crippen LogP contribution in [0.5, 0.6) is 0 Å². The Morgan fingerprint density at radius 3 is 3.12 bits per heavy atom. The van der Waals surface area contributed by atoms with Gasteiger partial charge in [-0.05, 0) is 11.4 Å². The summed E-state index contributed by atoms with van der Waals surface area (Å²) in [4.78, 5) is 9.50. The van der Waals surface area contributed by atoms with Gasteiger partial charge in [0.05, 0.1) is 12.7 Å². The van der Waals surface area contributed by atoms with Crippen molar-refractivity contribution in [2.45, 2.75) is 10.8 Å². The summed E-state index contributed by atoms with van der Waals surface area (Å²) in [6, 6.07) is 2.03. The third kappa shape index (κ3) is 3.56. The van der Waals surface area contributed by atoms with Gasteiger partial charge in [0.25, 0.3) is 0 Å². The molecule has 0 amide bonds. The summed E-state index contributed by atoms with van der Waals surface area (Å²) in [6.07, 6.45) is 5.14. The van der Waals surface area contributed by atoms with E-state index in [4.69, 9.17) is 5.73 Å². The highest BCUT2D eigenvalue weighted by atomic mass is 32.2. The second-order valence-corrected chi connectivity index (χ2v) is 5.09. The quantitative estimate of drug-likeness (QED) is 0.679. The third-order valence-electron chi connectivity index (χ3n) is 1.96. The van der Waals surface area contributed by atoms with Gasteiger partial charge in [-0.1, -0.05) is 23.6 Å². The Balaban J connectivity index is 2.02. The van der Waals surface area contributed by atoms with Gasteiger partial charge in [-0.15, -0.1) is 11.3 Å². The highest BCUT2D eigenvalue weighted by Crippen LogP contribution is 2.25. The minimum atomic E-state index is 0.395. The zero-order valence-corrected chi connectivity index (χ0v) is 10.7. The molecule has 0 radical (unpaired) electrons. The van der Waals surface area contributed by atoms with Crippen molar-refractivity contribution in [2.24, 2.45) is 5.73 Å². The van der Waals surface area contributed by atoms with Crippen LogP contribution in [0.1, 0.15) is 10.4 Å². The van der Waals surface area contributed by atoms with E-state index in [2.05, 4.69) is 21.8 Å². The molecule has 17 heavy (non-hydrogen) atoms. The van der Waals surface area contributed by atoms with Gasteiger partial charge in [0.15, 0.2) is 0 Å². The fourth-order valence-electron chi connectivity index (χ4n) is 1.21. The molecule has 5 heteroatoms. The Morgan fingerprint density at radius 2 is 2.35 bits per heavy atom. The first-order chi connectivity index (χ1) is 8.40. The lowest BCUT2D eigenvalue weighted by Gasteiger charge is -1.98. The average Bonchev–Trinajstić information content (AvgIpc) is 2.82. The Bertz CT molecular complexity index is 525. The second-order valence-electron chi connectivity index (χ2n) is 3.10. The number of nitrogens with two attached hydrogens (primary N) is 1. The van der Waals surface area contributed by atoms with Gasteiger partial charge in [0.2, 0.25) is 0 Å². The van der Waals surface area contributed by atoms with E-state index in [1.165, 1.54) is 4.88 Å². The van der Waals surface area contributed by atoms with Gasteiger partial charge >= 0.3 is 0 Å². The zero-order chi connectivity index (χ0) is 11.9. The van der Waals surface area contributed by atoms with Gasteiger partial charge in [-0.3, -0.25) is 4.98 Å². The Morgan fingerprint density at radius 1 is 1.41 bits per heavy atom. The minimum absolute atomic E-state index is 0.395. The number of aromatic nitrogens is 2. The molecule has 0 aliphatic rings. The molecule has 0 aliphatic heterocycles. The fraction of sp³-hybridized carbons (Fsp3) is 0.167. The summed E-state index contributed by atoms with van der Waals surface area (Å²) in [7, 11) is 0. The average molecular weight is 261 g/mol. The van der Waals surface area contributed by atoms with Crippen LogP contribution < -0.4 is 5.73 Å². The molecule has 0 atom stereocenters. The van der Waals surface area contributed by atoms with Crippen LogP contribution in [0.4, 0.5) is 0 Å². The van der Waals surface area contributed by atoms with Gasteiger partial charge in [-0.2, -0.15) is 0 Å². The van der Waals surface area contributed by atoms with Crippen molar-refractivity contribution in [1.82, 2.24) is 9.97 Å². The molecule has 2 aromatic rings. The number of rotatable bonds is 3. The molecule has 0 bridgehead atoms. The Labute approximate surface area is 108 Å². The van der Waals surface area contributed by atoms with E-state index in [-0.39, 0.29) is 0 Å². The van der Waals surface area contributed by atoms with E-state index in [0.29, 0.717) is 6.54 Å². The first-order valence-corrected chi connectivity index (χ1v) is 6.91. The molecule has 2 aromatic heterocycles. The molecule has 2 N–H and O–H groups in total. The summed E-state index contributed by atoms with van der Waals surface area (Å²) >= 11 is 3.37. The van der Waals surface area contributed by atoms with Crippen molar-refractivity contribution in [2.75, 3.05) is 6.54 Å². The maximum absolute atomic E-state index is 5.37. The fourth-order valence-corrected chi connectivity index (χ4v) is 2.98. The summed E-state index contributed by atoms with van der Waals surface area (Å²) in [5.41, 5.74) is 6.43. The molecule has 0 saturated carbocycles. The highest BCUT2D eigenvalue weighted by Gasteiger charge is 2.03. The zero-order valence-electron chi connectivity index (χ0n) is 9.09. The highest BCUT2D eigenvalue weighted by molar-refractivity contribution is 7.98. The van der Waals surface area contributed by atoms with Crippen molar-refractivity contribution < 1.29 is 0 Å². The van der Waals surface area contributed by atoms with Gasteiger partial charge < -0.3 is 5.73 Å². The van der Waals surface area contributed by atoms with Crippen LogP contribution in [0.15, 0.2) is 35.1 Å². The SMILES string of the molecule is NCC#Cc1ccsc1CSc1cnccn1. The smallest absolute Gasteiger partial charge is 0.115 e. The summed E-state index contributed by atoms with van der Waals surface area (Å²) in [6.45, 7) is 0.395. The Hall–Kier alpha value is -1.35. The molecule has 0 unspecified atom stereocenters. The van der Waals surface area contributed by atoms with E-state index in [0.717, 1.165) is 16.3 Å². The number of thioether (sulfide) groups is 1. The largest absolute Gasteiger partial charge is 0.320 e. The molecule has 0 aliphatic carbocycles. The summed E-state index contributed by atoms with van der Waals surface area (Å²) in [5.74, 6) is 6.82. The van der Waals surface area contributed by atoms with Crippen molar-refractivity contribution in [3.05, 3.63) is 40.5 Å². The number of hydrogen-bond donors (Lipinski definition) is 1. The van der Waals surface area contributed by atoms with Crippen molar-refractivity contribution in [3.63, 3.8) is 0 Å². The van der Waals surface area contributed by atoms with Crippen molar-refractivity contribution in [1.29, 1.82) is 0 Å². The second kappa shape index (κ2) is 6.40. The van der Waals surface area contributed by atoms with E-state index in [1.54, 1.807) is 41.7 Å². The standard InChI is InChI=1S/C12H11N3S2/c13-4-1-2-10-3-7-16-11(10)9-17-12-8-14-5-6-15-12/h3,5-8H,4,9,13H2. The van der Waals surface area contributed by atoms with Gasteiger partial charge in [-0.25, -0.2) is 4.98 Å². The summed E-state index contributed by atoms with van der Waals surface area (Å²) < 4.78 is 0. The molecular weight excluding hydrogens is 250 g/mol. The van der Waals surface area contributed by atoms with Crippen molar-refractivity contribution >= 4 is 23.1 Å². The summed E-state index contributed by atoms with van der Waals surface area (Å²) in [5, 5.41) is 2.98.